The van der Waals surface area contributed by atoms with Crippen LogP contribution in [0.15, 0.2) is 5.10 Å². The van der Waals surface area contributed by atoms with Crippen LogP contribution in [0.25, 0.3) is 11.2 Å². The van der Waals surface area contributed by atoms with E-state index in [1.54, 1.807) is 4.90 Å². The predicted octanol–water partition coefficient (Wildman–Crippen LogP) is 3.10. The van der Waals surface area contributed by atoms with Crippen molar-refractivity contribution in [3.8, 4) is 0 Å². The van der Waals surface area contributed by atoms with Crippen molar-refractivity contribution >= 4 is 18.2 Å². The number of hydrogen-bond acceptors (Lipinski definition) is 5. The predicted molar refractivity (Wildman–Crippen MR) is 117 cm³/mol. The molecule has 1 heterocycles. The molecule has 0 unspecified atom stereocenters. The molecule has 2 rings (SSSR count). The average molecular weight is 655 g/mol. The van der Waals surface area contributed by atoms with Crippen LogP contribution in [0.2, 0.25) is 0 Å². The van der Waals surface area contributed by atoms with Crippen molar-refractivity contribution in [3.63, 3.8) is 0 Å². The van der Waals surface area contributed by atoms with Gasteiger partial charge in [0.05, 0.1) is 12.5 Å². The quantitative estimate of drug-likeness (QED) is 0.0822. The van der Waals surface area contributed by atoms with Crippen LogP contribution >= 0.6 is 0 Å². The minimum Gasteiger partial charge on any atom is -0.716 e. The summed E-state index contributed by atoms with van der Waals surface area (Å²) < 4.78 is 0. The molecule has 1 aliphatic heterocycles. The van der Waals surface area contributed by atoms with Gasteiger partial charge < -0.3 is 26.1 Å². The maximum Gasteiger partial charge on any atom is 2.00 e. The largest absolute Gasteiger partial charge is 2.00 e. The monoisotopic (exact) mass is 654 g/mol. The molecule has 31 heavy (non-hydrogen) atoms. The van der Waals surface area contributed by atoms with E-state index in [2.05, 4.69) is 29.3 Å². The van der Waals surface area contributed by atoms with Crippen molar-refractivity contribution in [1.29, 1.82) is 0 Å². The average Bonchev–Trinajstić information content (AvgIpc) is 3.44. The van der Waals surface area contributed by atoms with Gasteiger partial charge >= 0.3 is 39.9 Å². The summed E-state index contributed by atoms with van der Waals surface area (Å²) in [5.41, 5.74) is 12.5. The number of carbonyl (C=O) groups excluding carboxylic acids is 2. The Bertz CT molecular complexity index is 569. The van der Waals surface area contributed by atoms with Gasteiger partial charge in [0, 0.05) is 12.6 Å². The summed E-state index contributed by atoms with van der Waals surface area (Å²) >= 11 is 0. The number of carbonyl (C=O) groups is 2. The van der Waals surface area contributed by atoms with Gasteiger partial charge in [-0.3, -0.25) is 14.8 Å². The van der Waals surface area contributed by atoms with Crippen LogP contribution in [-0.4, -0.2) is 83.5 Å². The molecular formula is C21H38N6O3Th. The van der Waals surface area contributed by atoms with Crippen LogP contribution in [0.3, 0.4) is 0 Å². The van der Waals surface area contributed by atoms with E-state index < -0.39 is 5.92 Å². The van der Waals surface area contributed by atoms with Gasteiger partial charge in [-0.1, -0.05) is 45.4 Å². The van der Waals surface area contributed by atoms with Gasteiger partial charge in [0.25, 0.3) is 0 Å². The van der Waals surface area contributed by atoms with Gasteiger partial charge in [-0.2, -0.15) is 0 Å². The fourth-order valence-corrected chi connectivity index (χ4v) is 4.64. The Balaban J connectivity index is 0.00000480. The number of amides is 2. The molecule has 1 saturated heterocycles. The van der Waals surface area contributed by atoms with E-state index >= 15 is 0 Å². The Labute approximate surface area is 218 Å². The fraction of sp³-hybridized carbons (Fsp3) is 0.857. The van der Waals surface area contributed by atoms with E-state index in [1.165, 1.54) is 12.8 Å². The third kappa shape index (κ3) is 9.08. The standard InChI is InChI=1S/C21H38N6O3.Th/c1-3-25(4-2)13-11-23-24-20(22)19-10-7-12-27(19)21(29)18(15-26(30)16-28)14-17-8-5-6-9-17;/h16-19,30H,3-15H2,1-2H3,(H-,22,24);/q-2;+2/t18-,19+;/m1./s1. The Kier molecular flexibility index (Phi) is 14.1. The molecule has 0 bridgehead atoms. The van der Waals surface area contributed by atoms with Crippen LogP contribution in [-0.2, 0) is 9.59 Å². The van der Waals surface area contributed by atoms with E-state index in [1.807, 2.05) is 0 Å². The molecule has 10 heteroatoms. The van der Waals surface area contributed by atoms with Gasteiger partial charge in [-0.25, -0.2) is 5.06 Å². The molecule has 2 aliphatic rings. The smallest absolute Gasteiger partial charge is 0.716 e. The fourth-order valence-electron chi connectivity index (χ4n) is 4.64. The van der Waals surface area contributed by atoms with Crippen molar-refractivity contribution in [2.24, 2.45) is 16.9 Å². The van der Waals surface area contributed by atoms with E-state index in [0.29, 0.717) is 43.3 Å². The number of nitrogens with zero attached hydrogens (tertiary/aromatic N) is 5. The number of likely N-dealkylation sites (N-methyl/N-ethyl adjacent to an activating group) is 1. The van der Waals surface area contributed by atoms with Gasteiger partial charge in [0.2, 0.25) is 12.3 Å². The molecule has 1 aliphatic carbocycles. The van der Waals surface area contributed by atoms with Crippen LogP contribution in [0.4, 0.5) is 0 Å². The summed E-state index contributed by atoms with van der Waals surface area (Å²) in [6.07, 6.45) is 7.08. The second kappa shape index (κ2) is 15.3. The van der Waals surface area contributed by atoms with Crippen LogP contribution in [0.5, 0.6) is 0 Å². The Morgan fingerprint density at radius 2 is 1.94 bits per heavy atom. The molecule has 0 aromatic rings. The molecule has 2 atom stereocenters. The maximum absolute atomic E-state index is 13.3. The molecule has 0 spiro atoms. The molecule has 0 aromatic carbocycles. The molecule has 2 amide bonds. The normalized spacial score (nSPS) is 20.6. The zero-order chi connectivity index (χ0) is 21.9. The number of nitrogens with one attached hydrogen (secondary N) is 1. The van der Waals surface area contributed by atoms with Gasteiger partial charge in [0.1, 0.15) is 0 Å². The first kappa shape index (κ1) is 28.5. The van der Waals surface area contributed by atoms with Crippen LogP contribution in [0, 0.1) is 51.8 Å². The summed E-state index contributed by atoms with van der Waals surface area (Å²) in [7, 11) is 0. The second-order valence-corrected chi connectivity index (χ2v) is 8.38. The molecule has 0 aromatic heterocycles. The first-order valence-corrected chi connectivity index (χ1v) is 11.4. The third-order valence-electron chi connectivity index (χ3n) is 6.41. The van der Waals surface area contributed by atoms with E-state index in [-0.39, 0.29) is 64.3 Å². The molecule has 1 saturated carbocycles. The number of hydroxylamine groups is 2. The van der Waals surface area contributed by atoms with Crippen molar-refractivity contribution in [2.45, 2.75) is 64.8 Å². The minimum absolute atomic E-state index is 0. The summed E-state index contributed by atoms with van der Waals surface area (Å²) in [4.78, 5) is 28.2. The van der Waals surface area contributed by atoms with Crippen molar-refractivity contribution in [1.82, 2.24) is 14.9 Å². The Hall–Kier alpha value is -0.545. The summed E-state index contributed by atoms with van der Waals surface area (Å²) in [6.45, 7) is 8.04. The summed E-state index contributed by atoms with van der Waals surface area (Å²) in [5.74, 6) is 0.0419. The molecule has 9 nitrogen and oxygen atoms in total. The first-order valence-electron chi connectivity index (χ1n) is 11.4. The zero-order valence-electron chi connectivity index (χ0n) is 19.0. The van der Waals surface area contributed by atoms with E-state index in [4.69, 9.17) is 5.73 Å². The van der Waals surface area contributed by atoms with Crippen LogP contribution in [0.1, 0.15) is 58.8 Å². The maximum atomic E-state index is 13.3. The van der Waals surface area contributed by atoms with Gasteiger partial charge in [0.15, 0.2) is 0 Å². The Morgan fingerprint density at radius 3 is 2.55 bits per heavy atom. The first-order chi connectivity index (χ1) is 14.5. The molecule has 2 fully saturated rings. The number of rotatable bonds is 13. The second-order valence-electron chi connectivity index (χ2n) is 8.38. The molecule has 0 radical (unpaired) electrons. The SMILES string of the molecule is CCN(CC)CC[N-]/N=C(\[NH-])[C@@H]1CCCN1C(=O)[C@H](CC1CCCC1)CN(O)C=O.[Th+2]. The third-order valence-corrected chi connectivity index (χ3v) is 6.41. The number of likely N-dealkylation sites (tertiary alicyclic amines) is 1. The van der Waals surface area contributed by atoms with Crippen molar-refractivity contribution in [2.75, 3.05) is 39.3 Å². The van der Waals surface area contributed by atoms with Crippen molar-refractivity contribution in [3.05, 3.63) is 11.2 Å². The summed E-state index contributed by atoms with van der Waals surface area (Å²) in [5, 5.41) is 14.4. The van der Waals surface area contributed by atoms with Gasteiger partial charge in [-0.05, 0) is 44.8 Å². The minimum atomic E-state index is -0.448. The number of hydrogen-bond donors (Lipinski definition) is 1. The number of amidine groups is 1. The van der Waals surface area contributed by atoms with E-state index in [0.717, 1.165) is 38.9 Å². The zero-order valence-corrected chi connectivity index (χ0v) is 23.1. The topological polar surface area (TPSA) is 114 Å². The van der Waals surface area contributed by atoms with E-state index in [9.17, 15) is 14.8 Å². The molecular weight excluding hydrogens is 616 g/mol. The van der Waals surface area contributed by atoms with Crippen LogP contribution < -0.4 is 0 Å². The summed E-state index contributed by atoms with van der Waals surface area (Å²) in [6, 6.07) is -0.371. The van der Waals surface area contributed by atoms with Gasteiger partial charge in [-0.15, -0.1) is 6.54 Å². The Morgan fingerprint density at radius 1 is 1.26 bits per heavy atom. The van der Waals surface area contributed by atoms with Crippen molar-refractivity contribution < 1.29 is 54.7 Å². The molecule has 174 valence electrons. The molecule has 2 N–H and O–H groups in total.